The number of hydrogen-bond donors (Lipinski definition) is 2. The van der Waals surface area contributed by atoms with Crippen LogP contribution in [0.4, 0.5) is 5.69 Å². The summed E-state index contributed by atoms with van der Waals surface area (Å²) in [5.74, 6) is -0.190. The highest BCUT2D eigenvalue weighted by Gasteiger charge is 2.27. The van der Waals surface area contributed by atoms with Crippen molar-refractivity contribution in [1.29, 1.82) is 0 Å². The van der Waals surface area contributed by atoms with Crippen LogP contribution in [-0.4, -0.2) is 41.6 Å². The lowest BCUT2D eigenvalue weighted by molar-refractivity contribution is 0.103. The molecular formula is C22H23Cl2N5O4S. The minimum Gasteiger partial charge on any atom is -0.382 e. The molecule has 0 spiro atoms. The normalized spacial score (nSPS) is 18.2. The van der Waals surface area contributed by atoms with Crippen LogP contribution in [0.1, 0.15) is 40.9 Å². The lowest BCUT2D eigenvalue weighted by Gasteiger charge is -2.16. The van der Waals surface area contributed by atoms with Gasteiger partial charge in [-0.1, -0.05) is 29.3 Å². The van der Waals surface area contributed by atoms with Gasteiger partial charge in [0.05, 0.1) is 28.8 Å². The molecule has 0 radical (unpaired) electrons. The number of carbonyl (C=O) groups excluding carboxylic acids is 1. The van der Waals surface area contributed by atoms with Gasteiger partial charge in [0.25, 0.3) is 0 Å². The predicted octanol–water partition coefficient (Wildman–Crippen LogP) is 3.66. The second-order valence-electron chi connectivity index (χ2n) is 8.20. The lowest BCUT2D eigenvalue weighted by atomic mass is 10.1. The number of nitrogens with one attached hydrogen (secondary N) is 1. The summed E-state index contributed by atoms with van der Waals surface area (Å²) >= 11 is 12.0. The summed E-state index contributed by atoms with van der Waals surface area (Å²) in [6.45, 7) is 0.488. The van der Waals surface area contributed by atoms with Crippen LogP contribution in [-0.2, 0) is 21.0 Å². The van der Waals surface area contributed by atoms with Gasteiger partial charge in [-0.2, -0.15) is 13.5 Å². The van der Waals surface area contributed by atoms with Crippen LogP contribution in [0.2, 0.25) is 10.0 Å². The van der Waals surface area contributed by atoms with E-state index in [1.165, 1.54) is 6.20 Å². The molecule has 3 aromatic rings. The molecule has 0 saturated heterocycles. The van der Waals surface area contributed by atoms with Crippen molar-refractivity contribution < 1.29 is 17.4 Å². The number of nitrogens with zero attached hydrogens (tertiary/aromatic N) is 3. The Balaban J connectivity index is 1.42. The van der Waals surface area contributed by atoms with Crippen LogP contribution in [0, 0.1) is 5.92 Å². The number of benzene rings is 1. The van der Waals surface area contributed by atoms with Gasteiger partial charge in [0.1, 0.15) is 5.69 Å². The Hall–Kier alpha value is -2.50. The molecule has 4 rings (SSSR count). The first-order chi connectivity index (χ1) is 16.2. The van der Waals surface area contributed by atoms with E-state index in [1.54, 1.807) is 41.3 Å². The van der Waals surface area contributed by atoms with Gasteiger partial charge in [0.15, 0.2) is 0 Å². The fourth-order valence-electron chi connectivity index (χ4n) is 4.00. The molecule has 1 aromatic carbocycles. The zero-order valence-electron chi connectivity index (χ0n) is 18.0. The van der Waals surface area contributed by atoms with E-state index in [9.17, 15) is 13.2 Å². The molecule has 2 heterocycles. The van der Waals surface area contributed by atoms with E-state index in [2.05, 4.69) is 15.4 Å². The summed E-state index contributed by atoms with van der Waals surface area (Å²) in [6.07, 6.45) is 7.15. The average molecular weight is 524 g/mol. The first-order valence-electron chi connectivity index (χ1n) is 10.6. The number of rotatable bonds is 9. The topological polar surface area (TPSA) is 129 Å². The maximum Gasteiger partial charge on any atom is 0.333 e. The fraction of sp³-hybridized carbons (Fsp3) is 0.318. The zero-order chi connectivity index (χ0) is 24.3. The molecule has 0 bridgehead atoms. The Morgan fingerprint density at radius 1 is 1.21 bits per heavy atom. The van der Waals surface area contributed by atoms with Crippen LogP contribution < -0.4 is 10.5 Å². The van der Waals surface area contributed by atoms with Crippen LogP contribution >= 0.6 is 23.2 Å². The highest BCUT2D eigenvalue weighted by atomic mass is 35.5. The van der Waals surface area contributed by atoms with Crippen LogP contribution in [0.3, 0.4) is 0 Å². The SMILES string of the molecule is NS(=O)(=O)OC[C@@H]1CC[C@H](Nc2ccncc2C(=O)c2ccn(Cc3ccc(Cl)c(Cl)c3)n2)C1. The highest BCUT2D eigenvalue weighted by Crippen LogP contribution is 2.30. The number of hydrogen-bond acceptors (Lipinski definition) is 7. The molecule has 9 nitrogen and oxygen atoms in total. The molecule has 0 amide bonds. The molecule has 180 valence electrons. The third-order valence-corrected chi connectivity index (χ3v) is 6.84. The molecule has 0 unspecified atom stereocenters. The van der Waals surface area contributed by atoms with E-state index in [0.29, 0.717) is 40.0 Å². The van der Waals surface area contributed by atoms with Gasteiger partial charge in [-0.25, -0.2) is 5.14 Å². The van der Waals surface area contributed by atoms with Crippen molar-refractivity contribution in [1.82, 2.24) is 14.8 Å². The van der Waals surface area contributed by atoms with Crippen molar-refractivity contribution in [2.24, 2.45) is 11.1 Å². The van der Waals surface area contributed by atoms with E-state index in [-0.39, 0.29) is 24.3 Å². The largest absolute Gasteiger partial charge is 0.382 e. The monoisotopic (exact) mass is 523 g/mol. The van der Waals surface area contributed by atoms with E-state index in [4.69, 9.17) is 32.5 Å². The molecule has 2 aromatic heterocycles. The van der Waals surface area contributed by atoms with Crippen molar-refractivity contribution in [2.75, 3.05) is 11.9 Å². The minimum atomic E-state index is -3.95. The van der Waals surface area contributed by atoms with Crippen molar-refractivity contribution >= 4 is 45.0 Å². The summed E-state index contributed by atoms with van der Waals surface area (Å²) in [4.78, 5) is 17.3. The van der Waals surface area contributed by atoms with Crippen LogP contribution in [0.15, 0.2) is 48.9 Å². The first kappa shape index (κ1) is 24.6. The Labute approximate surface area is 207 Å². The smallest absolute Gasteiger partial charge is 0.333 e. The van der Waals surface area contributed by atoms with Crippen molar-refractivity contribution in [3.8, 4) is 0 Å². The molecular weight excluding hydrogens is 501 g/mol. The molecule has 2 atom stereocenters. The van der Waals surface area contributed by atoms with Gasteiger partial charge >= 0.3 is 10.3 Å². The molecule has 0 aliphatic heterocycles. The Bertz CT molecular complexity index is 1300. The first-order valence-corrected chi connectivity index (χ1v) is 12.8. The molecule has 1 aliphatic rings. The number of anilines is 1. The van der Waals surface area contributed by atoms with Gasteiger partial charge in [0.2, 0.25) is 5.78 Å². The quantitative estimate of drug-likeness (QED) is 0.409. The third-order valence-electron chi connectivity index (χ3n) is 5.64. The summed E-state index contributed by atoms with van der Waals surface area (Å²) in [5.41, 5.74) is 2.26. The van der Waals surface area contributed by atoms with Gasteiger partial charge in [-0.15, -0.1) is 0 Å². The lowest BCUT2D eigenvalue weighted by Crippen LogP contribution is -2.21. The van der Waals surface area contributed by atoms with E-state index in [1.807, 2.05) is 6.07 Å². The Morgan fingerprint density at radius 2 is 2.03 bits per heavy atom. The number of halogens is 2. The molecule has 1 fully saturated rings. The van der Waals surface area contributed by atoms with Gasteiger partial charge in [-0.3, -0.25) is 18.6 Å². The molecule has 34 heavy (non-hydrogen) atoms. The van der Waals surface area contributed by atoms with Gasteiger partial charge in [0, 0.05) is 30.3 Å². The number of aromatic nitrogens is 3. The summed E-state index contributed by atoms with van der Waals surface area (Å²) in [6, 6.07) is 8.80. The van der Waals surface area contributed by atoms with E-state index < -0.39 is 10.3 Å². The third kappa shape index (κ3) is 6.34. The predicted molar refractivity (Wildman–Crippen MR) is 129 cm³/mol. The second-order valence-corrected chi connectivity index (χ2v) is 10.2. The number of pyridine rings is 1. The number of nitrogens with two attached hydrogens (primary N) is 1. The van der Waals surface area contributed by atoms with Crippen molar-refractivity contribution in [3.05, 3.63) is 75.8 Å². The molecule has 1 saturated carbocycles. The van der Waals surface area contributed by atoms with Crippen LogP contribution in [0.5, 0.6) is 0 Å². The van der Waals surface area contributed by atoms with Crippen molar-refractivity contribution in [2.45, 2.75) is 31.8 Å². The second kappa shape index (κ2) is 10.4. The molecule has 12 heteroatoms. The van der Waals surface area contributed by atoms with Crippen molar-refractivity contribution in [3.63, 3.8) is 0 Å². The summed E-state index contributed by atoms with van der Waals surface area (Å²) in [7, 11) is -3.95. The van der Waals surface area contributed by atoms with E-state index in [0.717, 1.165) is 18.4 Å². The summed E-state index contributed by atoms with van der Waals surface area (Å²) in [5, 5.41) is 13.6. The highest BCUT2D eigenvalue weighted by molar-refractivity contribution is 7.84. The summed E-state index contributed by atoms with van der Waals surface area (Å²) < 4.78 is 28.4. The maximum atomic E-state index is 13.2. The number of ketones is 1. The minimum absolute atomic E-state index is 0.0510. The standard InChI is InChI=1S/C22H23Cl2N5O4S/c23-18-4-2-14(10-19(18)24)12-29-8-6-21(28-29)22(30)17-11-26-7-5-20(17)27-16-3-1-15(9-16)13-33-34(25,31)32/h2,4-8,10-11,15-16H,1,3,9,12-13H2,(H,26,27)(H2,25,31,32)/t15-,16+/m1/s1. The number of carbonyl (C=O) groups is 1. The average Bonchev–Trinajstić information content (AvgIpc) is 3.44. The zero-order valence-corrected chi connectivity index (χ0v) is 20.4. The van der Waals surface area contributed by atoms with Crippen LogP contribution in [0.25, 0.3) is 0 Å². The van der Waals surface area contributed by atoms with Gasteiger partial charge < -0.3 is 5.32 Å². The van der Waals surface area contributed by atoms with E-state index >= 15 is 0 Å². The Morgan fingerprint density at radius 3 is 2.79 bits per heavy atom. The Kier molecular flexibility index (Phi) is 7.54. The molecule has 1 aliphatic carbocycles. The maximum absolute atomic E-state index is 13.2. The molecule has 3 N–H and O–H groups in total. The van der Waals surface area contributed by atoms with Gasteiger partial charge in [-0.05, 0) is 55.0 Å². The fourth-order valence-corrected chi connectivity index (χ4v) is 4.71.